The minimum atomic E-state index is 0.120. The molecule has 1 unspecified atom stereocenters. The molecule has 0 spiro atoms. The molecule has 1 aliphatic heterocycles. The molecule has 0 amide bonds. The zero-order valence-electron chi connectivity index (χ0n) is 13.9. The number of pyridine rings is 1. The van der Waals surface area contributed by atoms with E-state index in [1.54, 1.807) is 0 Å². The van der Waals surface area contributed by atoms with Crippen LogP contribution in [0.5, 0.6) is 0 Å². The number of hydrogen-bond donors (Lipinski definition) is 1. The van der Waals surface area contributed by atoms with Gasteiger partial charge in [0.25, 0.3) is 0 Å². The van der Waals surface area contributed by atoms with E-state index in [-0.39, 0.29) is 5.54 Å². The molecule has 0 saturated carbocycles. The lowest BCUT2D eigenvalue weighted by molar-refractivity contribution is -0.0132. The Hall–Kier alpha value is -0.970. The molecule has 2 rings (SSSR count). The largest absolute Gasteiger partial charge is 0.378 e. The first-order valence-corrected chi connectivity index (χ1v) is 7.99. The number of morpholine rings is 1. The molecule has 1 aliphatic rings. The Morgan fingerprint density at radius 3 is 2.81 bits per heavy atom. The summed E-state index contributed by atoms with van der Waals surface area (Å²) in [7, 11) is 0. The van der Waals surface area contributed by atoms with Crippen molar-refractivity contribution in [2.24, 2.45) is 0 Å². The van der Waals surface area contributed by atoms with Crippen LogP contribution in [0.25, 0.3) is 0 Å². The minimum Gasteiger partial charge on any atom is -0.378 e. The molecule has 1 aromatic heterocycles. The van der Waals surface area contributed by atoms with E-state index in [2.05, 4.69) is 56.1 Å². The summed E-state index contributed by atoms with van der Waals surface area (Å²) < 4.78 is 5.57. The van der Waals surface area contributed by atoms with Gasteiger partial charge in [-0.3, -0.25) is 9.88 Å². The fourth-order valence-corrected chi connectivity index (χ4v) is 2.55. The normalized spacial score (nSPS) is 20.7. The van der Waals surface area contributed by atoms with E-state index in [0.29, 0.717) is 6.04 Å². The van der Waals surface area contributed by atoms with Gasteiger partial charge in [0.15, 0.2) is 0 Å². The summed E-state index contributed by atoms with van der Waals surface area (Å²) in [6.45, 7) is 13.2. The van der Waals surface area contributed by atoms with Crippen molar-refractivity contribution >= 4 is 0 Å². The Labute approximate surface area is 128 Å². The van der Waals surface area contributed by atoms with Crippen LogP contribution in [0, 0.1) is 0 Å². The van der Waals surface area contributed by atoms with Gasteiger partial charge in [0.05, 0.1) is 24.6 Å². The lowest BCUT2D eigenvalue weighted by atomic mass is 10.1. The molecule has 0 aliphatic carbocycles. The van der Waals surface area contributed by atoms with E-state index < -0.39 is 0 Å². The third kappa shape index (κ3) is 5.38. The summed E-state index contributed by atoms with van der Waals surface area (Å²) in [5.41, 5.74) is 2.39. The molecular formula is C17H29N3O. The second-order valence-corrected chi connectivity index (χ2v) is 6.83. The van der Waals surface area contributed by atoms with Crippen LogP contribution in [-0.2, 0) is 17.8 Å². The SMILES string of the molecule is CCC1COCCN1Cc1cccc(CNC(C)(C)C)n1. The lowest BCUT2D eigenvalue weighted by Crippen LogP contribution is -2.44. The molecule has 1 N–H and O–H groups in total. The second kappa shape index (κ2) is 7.34. The van der Waals surface area contributed by atoms with Gasteiger partial charge in [-0.2, -0.15) is 0 Å². The number of aromatic nitrogens is 1. The first-order valence-electron chi connectivity index (χ1n) is 7.99. The van der Waals surface area contributed by atoms with Crippen molar-refractivity contribution < 1.29 is 4.74 Å². The van der Waals surface area contributed by atoms with Gasteiger partial charge in [-0.15, -0.1) is 0 Å². The standard InChI is InChI=1S/C17H29N3O/c1-5-16-13-21-10-9-20(16)12-15-8-6-7-14(19-15)11-18-17(2,3)4/h6-8,16,18H,5,9-13H2,1-4H3. The number of hydrogen-bond acceptors (Lipinski definition) is 4. The van der Waals surface area contributed by atoms with E-state index >= 15 is 0 Å². The van der Waals surface area contributed by atoms with Crippen LogP contribution in [0.3, 0.4) is 0 Å². The Morgan fingerprint density at radius 2 is 2.10 bits per heavy atom. The van der Waals surface area contributed by atoms with Gasteiger partial charge in [0, 0.05) is 31.2 Å². The first-order chi connectivity index (χ1) is 9.98. The fourth-order valence-electron chi connectivity index (χ4n) is 2.55. The molecule has 0 aromatic carbocycles. The molecule has 4 heteroatoms. The Morgan fingerprint density at radius 1 is 1.33 bits per heavy atom. The summed E-state index contributed by atoms with van der Waals surface area (Å²) >= 11 is 0. The number of ether oxygens (including phenoxy) is 1. The molecule has 4 nitrogen and oxygen atoms in total. The van der Waals surface area contributed by atoms with E-state index in [9.17, 15) is 0 Å². The number of rotatable bonds is 5. The predicted octanol–water partition coefficient (Wildman–Crippen LogP) is 2.58. The van der Waals surface area contributed by atoms with Gasteiger partial charge in [0.2, 0.25) is 0 Å². The lowest BCUT2D eigenvalue weighted by Gasteiger charge is -2.34. The van der Waals surface area contributed by atoms with Crippen LogP contribution in [0.2, 0.25) is 0 Å². The van der Waals surface area contributed by atoms with Crippen molar-refractivity contribution in [2.75, 3.05) is 19.8 Å². The van der Waals surface area contributed by atoms with E-state index in [0.717, 1.165) is 50.7 Å². The maximum absolute atomic E-state index is 5.57. The highest BCUT2D eigenvalue weighted by Crippen LogP contribution is 2.14. The molecule has 21 heavy (non-hydrogen) atoms. The average molecular weight is 291 g/mol. The van der Waals surface area contributed by atoms with Gasteiger partial charge in [-0.1, -0.05) is 13.0 Å². The van der Waals surface area contributed by atoms with Gasteiger partial charge in [-0.25, -0.2) is 0 Å². The van der Waals surface area contributed by atoms with Crippen molar-refractivity contribution in [3.8, 4) is 0 Å². The van der Waals surface area contributed by atoms with Gasteiger partial charge in [0.1, 0.15) is 0 Å². The minimum absolute atomic E-state index is 0.120. The topological polar surface area (TPSA) is 37.4 Å². The highest BCUT2D eigenvalue weighted by Gasteiger charge is 2.21. The number of nitrogens with zero attached hydrogens (tertiary/aromatic N) is 2. The molecule has 2 heterocycles. The van der Waals surface area contributed by atoms with Crippen molar-refractivity contribution in [1.82, 2.24) is 15.2 Å². The molecule has 0 bridgehead atoms. The van der Waals surface area contributed by atoms with Crippen LogP contribution in [-0.4, -0.2) is 41.2 Å². The molecule has 0 radical (unpaired) electrons. The van der Waals surface area contributed by atoms with E-state index in [1.165, 1.54) is 0 Å². The molecule has 1 saturated heterocycles. The molecular weight excluding hydrogens is 262 g/mol. The highest BCUT2D eigenvalue weighted by molar-refractivity contribution is 5.11. The smallest absolute Gasteiger partial charge is 0.0622 e. The monoisotopic (exact) mass is 291 g/mol. The third-order valence-corrected chi connectivity index (χ3v) is 3.85. The first kappa shape index (κ1) is 16.4. The van der Waals surface area contributed by atoms with Crippen molar-refractivity contribution in [1.29, 1.82) is 0 Å². The maximum atomic E-state index is 5.57. The summed E-state index contributed by atoms with van der Waals surface area (Å²) in [5, 5.41) is 3.49. The van der Waals surface area contributed by atoms with Crippen LogP contribution in [0.1, 0.15) is 45.5 Å². The zero-order valence-corrected chi connectivity index (χ0v) is 13.9. The quantitative estimate of drug-likeness (QED) is 0.905. The van der Waals surface area contributed by atoms with Crippen LogP contribution in [0.15, 0.2) is 18.2 Å². The third-order valence-electron chi connectivity index (χ3n) is 3.85. The molecule has 1 aromatic rings. The van der Waals surface area contributed by atoms with Crippen LogP contribution >= 0.6 is 0 Å². The second-order valence-electron chi connectivity index (χ2n) is 6.83. The van der Waals surface area contributed by atoms with Gasteiger partial charge >= 0.3 is 0 Å². The predicted molar refractivity (Wildman–Crippen MR) is 86.1 cm³/mol. The van der Waals surface area contributed by atoms with Crippen LogP contribution < -0.4 is 5.32 Å². The van der Waals surface area contributed by atoms with Crippen molar-refractivity contribution in [3.05, 3.63) is 29.6 Å². The Balaban J connectivity index is 1.97. The van der Waals surface area contributed by atoms with Gasteiger partial charge in [-0.05, 0) is 39.3 Å². The van der Waals surface area contributed by atoms with E-state index in [1.807, 2.05) is 0 Å². The van der Waals surface area contributed by atoms with Crippen LogP contribution in [0.4, 0.5) is 0 Å². The number of nitrogens with one attached hydrogen (secondary N) is 1. The zero-order chi connectivity index (χ0) is 15.3. The van der Waals surface area contributed by atoms with Gasteiger partial charge < -0.3 is 10.1 Å². The fraction of sp³-hybridized carbons (Fsp3) is 0.706. The summed E-state index contributed by atoms with van der Waals surface area (Å²) in [6.07, 6.45) is 1.13. The van der Waals surface area contributed by atoms with Crippen molar-refractivity contribution in [2.45, 2.75) is 58.8 Å². The van der Waals surface area contributed by atoms with Crippen molar-refractivity contribution in [3.63, 3.8) is 0 Å². The summed E-state index contributed by atoms with van der Waals surface area (Å²) in [6, 6.07) is 6.86. The average Bonchev–Trinajstić information content (AvgIpc) is 2.45. The molecule has 1 atom stereocenters. The summed E-state index contributed by atoms with van der Waals surface area (Å²) in [5.74, 6) is 0. The summed E-state index contributed by atoms with van der Waals surface area (Å²) in [4.78, 5) is 7.29. The Bertz CT molecular complexity index is 442. The molecule has 118 valence electrons. The highest BCUT2D eigenvalue weighted by atomic mass is 16.5. The molecule has 1 fully saturated rings. The van der Waals surface area contributed by atoms with E-state index in [4.69, 9.17) is 9.72 Å². The Kier molecular flexibility index (Phi) is 5.73. The maximum Gasteiger partial charge on any atom is 0.0622 e.